The minimum Gasteiger partial charge on any atom is -0.332 e. The van der Waals surface area contributed by atoms with Gasteiger partial charge in [-0.15, -0.1) is 22.7 Å². The fourth-order valence-electron chi connectivity index (χ4n) is 2.40. The summed E-state index contributed by atoms with van der Waals surface area (Å²) in [6.07, 6.45) is 0. The number of hydrogen-bond acceptors (Lipinski definition) is 5. The zero-order valence-corrected chi connectivity index (χ0v) is 15.0. The van der Waals surface area contributed by atoms with Gasteiger partial charge in [-0.25, -0.2) is 4.98 Å². The molecular weight excluding hydrogens is 370 g/mol. The summed E-state index contributed by atoms with van der Waals surface area (Å²) in [5, 5.41) is 8.19. The predicted molar refractivity (Wildman–Crippen MR) is 91.1 cm³/mol. The first kappa shape index (κ1) is 15.1. The van der Waals surface area contributed by atoms with Crippen molar-refractivity contribution in [2.45, 2.75) is 25.9 Å². The van der Waals surface area contributed by atoms with E-state index in [0.29, 0.717) is 11.7 Å². The number of amides is 1. The Hall–Kier alpha value is -0.760. The zero-order valence-electron chi connectivity index (χ0n) is 11.8. The lowest BCUT2D eigenvalue weighted by molar-refractivity contribution is 0.0598. The Morgan fingerprint density at radius 3 is 2.95 bits per heavy atom. The van der Waals surface area contributed by atoms with Crippen LogP contribution in [0.25, 0.3) is 9.88 Å². The molecule has 0 bridgehead atoms. The summed E-state index contributed by atoms with van der Waals surface area (Å²) in [6.45, 7) is 5.77. The molecule has 2 unspecified atom stereocenters. The lowest BCUT2D eigenvalue weighted by Gasteiger charge is -2.38. The first-order valence-electron chi connectivity index (χ1n) is 6.80. The van der Waals surface area contributed by atoms with E-state index >= 15 is 0 Å². The van der Waals surface area contributed by atoms with E-state index in [2.05, 4.69) is 40.1 Å². The van der Waals surface area contributed by atoms with Crippen LogP contribution >= 0.6 is 38.6 Å². The maximum absolute atomic E-state index is 12.6. The van der Waals surface area contributed by atoms with Crippen LogP contribution in [-0.4, -0.2) is 41.0 Å². The highest BCUT2D eigenvalue weighted by Crippen LogP contribution is 2.32. The highest BCUT2D eigenvalue weighted by molar-refractivity contribution is 9.10. The van der Waals surface area contributed by atoms with Gasteiger partial charge in [0, 0.05) is 40.4 Å². The third-order valence-electron chi connectivity index (χ3n) is 3.80. The number of piperazine rings is 1. The lowest BCUT2D eigenvalue weighted by Crippen LogP contribution is -2.57. The number of nitrogens with one attached hydrogen (secondary N) is 1. The van der Waals surface area contributed by atoms with Gasteiger partial charge in [0.15, 0.2) is 0 Å². The molecule has 2 aromatic rings. The zero-order chi connectivity index (χ0) is 15.0. The predicted octanol–water partition coefficient (Wildman–Crippen LogP) is 3.46. The van der Waals surface area contributed by atoms with Gasteiger partial charge in [0.1, 0.15) is 10.7 Å². The second-order valence-corrected chi connectivity index (χ2v) is 7.83. The van der Waals surface area contributed by atoms with Gasteiger partial charge in [-0.2, -0.15) is 0 Å². The molecule has 1 aliphatic heterocycles. The molecule has 0 aromatic carbocycles. The van der Waals surface area contributed by atoms with Crippen LogP contribution < -0.4 is 5.32 Å². The van der Waals surface area contributed by atoms with E-state index in [4.69, 9.17) is 0 Å². The molecule has 0 radical (unpaired) electrons. The summed E-state index contributed by atoms with van der Waals surface area (Å²) >= 11 is 6.60. The van der Waals surface area contributed by atoms with Gasteiger partial charge in [-0.3, -0.25) is 4.79 Å². The number of nitrogens with zero attached hydrogens (tertiary/aromatic N) is 2. The highest BCUT2D eigenvalue weighted by atomic mass is 79.9. The Morgan fingerprint density at radius 2 is 2.24 bits per heavy atom. The van der Waals surface area contributed by atoms with Gasteiger partial charge in [-0.05, 0) is 35.8 Å². The maximum Gasteiger partial charge on any atom is 0.273 e. The SMILES string of the molecule is CC1NCCN(C(=O)c2csc(-c3cc(Br)cs3)n2)C1C. The lowest BCUT2D eigenvalue weighted by atomic mass is 10.1. The summed E-state index contributed by atoms with van der Waals surface area (Å²) in [7, 11) is 0. The second kappa shape index (κ2) is 6.16. The molecule has 1 amide bonds. The molecule has 0 aliphatic carbocycles. The Kier molecular flexibility index (Phi) is 4.44. The average molecular weight is 386 g/mol. The van der Waals surface area contributed by atoms with Crippen LogP contribution in [-0.2, 0) is 0 Å². The maximum atomic E-state index is 12.6. The number of thiophene rings is 1. The summed E-state index contributed by atoms with van der Waals surface area (Å²) in [6, 6.07) is 2.54. The Bertz CT molecular complexity index is 654. The summed E-state index contributed by atoms with van der Waals surface area (Å²) in [4.78, 5) is 20.2. The van der Waals surface area contributed by atoms with E-state index in [0.717, 1.165) is 27.4 Å². The minimum absolute atomic E-state index is 0.0361. The molecule has 112 valence electrons. The molecule has 1 saturated heterocycles. The van der Waals surface area contributed by atoms with E-state index < -0.39 is 0 Å². The molecule has 0 saturated carbocycles. The van der Waals surface area contributed by atoms with Crippen LogP contribution in [0.1, 0.15) is 24.3 Å². The number of rotatable bonds is 2. The van der Waals surface area contributed by atoms with Crippen LogP contribution in [0, 0.1) is 0 Å². The van der Waals surface area contributed by atoms with E-state index in [9.17, 15) is 4.79 Å². The van der Waals surface area contributed by atoms with Crippen LogP contribution in [0.4, 0.5) is 0 Å². The van der Waals surface area contributed by atoms with Gasteiger partial charge in [0.05, 0.1) is 4.88 Å². The average Bonchev–Trinajstić information content (AvgIpc) is 3.09. The molecule has 2 atom stereocenters. The second-order valence-electron chi connectivity index (χ2n) is 5.15. The fraction of sp³-hybridized carbons (Fsp3) is 0.429. The number of aromatic nitrogens is 1. The highest BCUT2D eigenvalue weighted by Gasteiger charge is 2.30. The molecule has 1 aliphatic rings. The molecule has 4 nitrogen and oxygen atoms in total. The number of hydrogen-bond donors (Lipinski definition) is 1. The van der Waals surface area contributed by atoms with E-state index in [1.54, 1.807) is 11.3 Å². The van der Waals surface area contributed by atoms with Crippen LogP contribution in [0.15, 0.2) is 21.3 Å². The normalized spacial score (nSPS) is 22.5. The van der Waals surface area contributed by atoms with E-state index in [-0.39, 0.29) is 11.9 Å². The van der Waals surface area contributed by atoms with Crippen molar-refractivity contribution in [3.8, 4) is 9.88 Å². The molecule has 0 spiro atoms. The Morgan fingerprint density at radius 1 is 1.43 bits per heavy atom. The number of halogens is 1. The minimum atomic E-state index is 0.0361. The molecule has 1 fully saturated rings. The van der Waals surface area contributed by atoms with Crippen molar-refractivity contribution in [1.82, 2.24) is 15.2 Å². The Balaban J connectivity index is 1.81. The quantitative estimate of drug-likeness (QED) is 0.860. The third kappa shape index (κ3) is 3.06. The number of thiazole rings is 1. The van der Waals surface area contributed by atoms with Crippen molar-refractivity contribution >= 4 is 44.5 Å². The van der Waals surface area contributed by atoms with Crippen molar-refractivity contribution in [3.05, 3.63) is 27.0 Å². The Labute approximate surface area is 140 Å². The van der Waals surface area contributed by atoms with Crippen molar-refractivity contribution in [1.29, 1.82) is 0 Å². The molecule has 3 heterocycles. The van der Waals surface area contributed by atoms with Gasteiger partial charge < -0.3 is 10.2 Å². The standard InChI is InChI=1S/C14H16BrN3OS2/c1-8-9(2)18(4-3-16-8)14(19)11-7-21-13(17-11)12-5-10(15)6-20-12/h5-9,16H,3-4H2,1-2H3. The van der Waals surface area contributed by atoms with Crippen LogP contribution in [0.3, 0.4) is 0 Å². The van der Waals surface area contributed by atoms with Gasteiger partial charge in [0.25, 0.3) is 5.91 Å². The molecule has 3 rings (SSSR count). The third-order valence-corrected chi connectivity index (χ3v) is 6.50. The number of carbonyl (C=O) groups is 1. The van der Waals surface area contributed by atoms with Gasteiger partial charge in [0.2, 0.25) is 0 Å². The molecule has 7 heteroatoms. The first-order valence-corrected chi connectivity index (χ1v) is 9.36. The summed E-state index contributed by atoms with van der Waals surface area (Å²) in [5.41, 5.74) is 0.556. The first-order chi connectivity index (χ1) is 10.1. The monoisotopic (exact) mass is 385 g/mol. The smallest absolute Gasteiger partial charge is 0.273 e. The van der Waals surface area contributed by atoms with Crippen molar-refractivity contribution in [3.63, 3.8) is 0 Å². The number of carbonyl (C=O) groups excluding carboxylic acids is 1. The molecule has 2 aromatic heterocycles. The molecule has 21 heavy (non-hydrogen) atoms. The van der Waals surface area contributed by atoms with Crippen molar-refractivity contribution in [2.75, 3.05) is 13.1 Å². The van der Waals surface area contributed by atoms with E-state index in [1.165, 1.54) is 11.3 Å². The summed E-state index contributed by atoms with van der Waals surface area (Å²) in [5.74, 6) is 0.0361. The molecular formula is C14H16BrN3OS2. The van der Waals surface area contributed by atoms with Gasteiger partial charge >= 0.3 is 0 Å². The molecule has 1 N–H and O–H groups in total. The fourth-order valence-corrected chi connectivity index (χ4v) is 4.70. The largest absolute Gasteiger partial charge is 0.332 e. The summed E-state index contributed by atoms with van der Waals surface area (Å²) < 4.78 is 1.05. The topological polar surface area (TPSA) is 45.2 Å². The van der Waals surface area contributed by atoms with Crippen molar-refractivity contribution < 1.29 is 4.79 Å². The van der Waals surface area contributed by atoms with Crippen molar-refractivity contribution in [2.24, 2.45) is 0 Å². The van der Waals surface area contributed by atoms with Crippen LogP contribution in [0.2, 0.25) is 0 Å². The van der Waals surface area contributed by atoms with E-state index in [1.807, 2.05) is 21.7 Å². The van der Waals surface area contributed by atoms with Gasteiger partial charge in [-0.1, -0.05) is 0 Å². The van der Waals surface area contributed by atoms with Crippen LogP contribution in [0.5, 0.6) is 0 Å².